The summed E-state index contributed by atoms with van der Waals surface area (Å²) < 4.78 is 10.7. The Morgan fingerprint density at radius 2 is 2.00 bits per heavy atom. The van der Waals surface area contributed by atoms with Gasteiger partial charge in [0, 0.05) is 12.5 Å². The summed E-state index contributed by atoms with van der Waals surface area (Å²) in [4.78, 5) is 11.6. The Bertz CT molecular complexity index is 529. The lowest BCUT2D eigenvalue weighted by Gasteiger charge is -2.05. The Kier molecular flexibility index (Phi) is 3.60. The van der Waals surface area contributed by atoms with E-state index in [-0.39, 0.29) is 11.2 Å². The molecule has 2 rings (SSSR count). The minimum Gasteiger partial charge on any atom is -0.482 e. The number of benzene rings is 1. The van der Waals surface area contributed by atoms with E-state index >= 15 is 0 Å². The monoisotopic (exact) mass is 230 g/mol. The molecule has 0 aliphatic carbocycles. The zero-order valence-electron chi connectivity index (χ0n) is 9.68. The zero-order chi connectivity index (χ0) is 12.1. The number of hydrogen-bond donors (Lipinski definition) is 0. The van der Waals surface area contributed by atoms with Crippen molar-refractivity contribution in [3.63, 3.8) is 0 Å². The van der Waals surface area contributed by atoms with Crippen LogP contribution in [0.3, 0.4) is 0 Å². The van der Waals surface area contributed by atoms with E-state index in [1.54, 1.807) is 0 Å². The van der Waals surface area contributed by atoms with Crippen LogP contribution in [-0.2, 0) is 13.0 Å². The molecule has 0 spiro atoms. The highest BCUT2D eigenvalue weighted by Crippen LogP contribution is 2.09. The summed E-state index contributed by atoms with van der Waals surface area (Å²) in [5.74, 6) is 0.924. The number of hydrogen-bond acceptors (Lipinski definition) is 3. The average Bonchev–Trinajstić information content (AvgIpc) is 2.38. The van der Waals surface area contributed by atoms with Crippen molar-refractivity contribution in [1.82, 2.24) is 0 Å². The normalized spacial score (nSPS) is 10.2. The number of ether oxygens (including phenoxy) is 1. The minimum absolute atomic E-state index is 0.135. The van der Waals surface area contributed by atoms with Gasteiger partial charge in [-0.3, -0.25) is 4.79 Å². The lowest BCUT2D eigenvalue weighted by molar-refractivity contribution is 0.290. The lowest BCUT2D eigenvalue weighted by Crippen LogP contribution is -2.07. The molecular weight excluding hydrogens is 216 g/mol. The summed E-state index contributed by atoms with van der Waals surface area (Å²) in [6, 6.07) is 11.2. The second-order valence-corrected chi connectivity index (χ2v) is 3.70. The van der Waals surface area contributed by atoms with E-state index in [0.29, 0.717) is 18.8 Å². The quantitative estimate of drug-likeness (QED) is 0.810. The Hall–Kier alpha value is -2.03. The van der Waals surface area contributed by atoms with Gasteiger partial charge in [-0.15, -0.1) is 0 Å². The molecule has 2 aromatic rings. The molecule has 0 N–H and O–H groups in total. The third kappa shape index (κ3) is 2.97. The van der Waals surface area contributed by atoms with Crippen molar-refractivity contribution in [1.29, 1.82) is 0 Å². The molecule has 0 aliphatic rings. The first-order chi connectivity index (χ1) is 8.29. The fourth-order valence-electron chi connectivity index (χ4n) is 1.46. The molecule has 0 aliphatic heterocycles. The highest BCUT2D eigenvalue weighted by Gasteiger charge is 2.03. The summed E-state index contributed by atoms with van der Waals surface area (Å²) in [5, 5.41) is 0. The maximum Gasteiger partial charge on any atom is 0.226 e. The van der Waals surface area contributed by atoms with Gasteiger partial charge in [-0.05, 0) is 5.56 Å². The highest BCUT2D eigenvalue weighted by molar-refractivity contribution is 5.19. The molecule has 1 aromatic heterocycles. The van der Waals surface area contributed by atoms with Gasteiger partial charge in [-0.25, -0.2) is 0 Å². The van der Waals surface area contributed by atoms with Gasteiger partial charge >= 0.3 is 0 Å². The maximum atomic E-state index is 11.6. The lowest BCUT2D eigenvalue weighted by atomic mass is 10.2. The summed E-state index contributed by atoms with van der Waals surface area (Å²) >= 11 is 0. The average molecular weight is 230 g/mol. The largest absolute Gasteiger partial charge is 0.482 e. The van der Waals surface area contributed by atoms with Crippen LogP contribution in [0.5, 0.6) is 5.75 Å². The first-order valence-corrected chi connectivity index (χ1v) is 5.58. The summed E-state index contributed by atoms with van der Waals surface area (Å²) in [7, 11) is 0. The van der Waals surface area contributed by atoms with Gasteiger partial charge in [0.25, 0.3) is 0 Å². The van der Waals surface area contributed by atoms with Gasteiger partial charge in [-0.1, -0.05) is 37.3 Å². The van der Waals surface area contributed by atoms with Gasteiger partial charge in [0.05, 0.1) is 0 Å². The molecule has 0 atom stereocenters. The van der Waals surface area contributed by atoms with E-state index in [0.717, 1.165) is 5.56 Å². The van der Waals surface area contributed by atoms with Crippen molar-refractivity contribution < 1.29 is 9.15 Å². The predicted molar refractivity (Wildman–Crippen MR) is 65.1 cm³/mol. The molecule has 0 saturated heterocycles. The van der Waals surface area contributed by atoms with Crippen LogP contribution in [0.25, 0.3) is 0 Å². The summed E-state index contributed by atoms with van der Waals surface area (Å²) in [5.41, 5.74) is 0.885. The molecule has 0 fully saturated rings. The fourth-order valence-corrected chi connectivity index (χ4v) is 1.46. The van der Waals surface area contributed by atoms with Crippen LogP contribution < -0.4 is 10.2 Å². The maximum absolute atomic E-state index is 11.6. The Morgan fingerprint density at radius 3 is 2.65 bits per heavy atom. The molecule has 0 bridgehead atoms. The van der Waals surface area contributed by atoms with E-state index in [1.807, 2.05) is 37.3 Å². The van der Waals surface area contributed by atoms with Crippen molar-refractivity contribution in [3.05, 3.63) is 64.2 Å². The van der Waals surface area contributed by atoms with Crippen LogP contribution in [0, 0.1) is 0 Å². The van der Waals surface area contributed by atoms with Crippen LogP contribution >= 0.6 is 0 Å². The van der Waals surface area contributed by atoms with Crippen molar-refractivity contribution >= 4 is 0 Å². The van der Waals surface area contributed by atoms with Crippen LogP contribution in [0.1, 0.15) is 18.2 Å². The van der Waals surface area contributed by atoms with E-state index < -0.39 is 0 Å². The third-order valence-corrected chi connectivity index (χ3v) is 2.44. The van der Waals surface area contributed by atoms with Crippen molar-refractivity contribution in [2.45, 2.75) is 20.0 Å². The Labute approximate surface area is 99.7 Å². The van der Waals surface area contributed by atoms with E-state index in [1.165, 1.54) is 12.3 Å². The molecule has 88 valence electrons. The SMILES string of the molecule is CCc1cc(=O)c(OCc2ccccc2)co1. The molecule has 3 heteroatoms. The molecule has 1 heterocycles. The van der Waals surface area contributed by atoms with Gasteiger partial charge in [0.15, 0.2) is 0 Å². The van der Waals surface area contributed by atoms with Gasteiger partial charge in [-0.2, -0.15) is 0 Å². The smallest absolute Gasteiger partial charge is 0.226 e. The van der Waals surface area contributed by atoms with Gasteiger partial charge in [0.2, 0.25) is 11.2 Å². The van der Waals surface area contributed by atoms with Crippen molar-refractivity contribution in [2.24, 2.45) is 0 Å². The molecule has 1 aromatic carbocycles. The van der Waals surface area contributed by atoms with Crippen molar-refractivity contribution in [2.75, 3.05) is 0 Å². The standard InChI is InChI=1S/C14H14O3/c1-2-12-8-13(15)14(10-16-12)17-9-11-6-4-3-5-7-11/h3-8,10H,2,9H2,1H3. The molecule has 0 saturated carbocycles. The first kappa shape index (κ1) is 11.5. The topological polar surface area (TPSA) is 39.4 Å². The van der Waals surface area contributed by atoms with Crippen LogP contribution in [0.15, 0.2) is 51.9 Å². The summed E-state index contributed by atoms with van der Waals surface area (Å²) in [6.45, 7) is 2.31. The van der Waals surface area contributed by atoms with Crippen LogP contribution in [0.2, 0.25) is 0 Å². The molecule has 0 radical (unpaired) electrons. The van der Waals surface area contributed by atoms with Crippen LogP contribution in [-0.4, -0.2) is 0 Å². The second kappa shape index (κ2) is 5.34. The van der Waals surface area contributed by atoms with Gasteiger partial charge < -0.3 is 9.15 Å². The Balaban J connectivity index is 2.07. The second-order valence-electron chi connectivity index (χ2n) is 3.70. The zero-order valence-corrected chi connectivity index (χ0v) is 9.68. The van der Waals surface area contributed by atoms with Crippen LogP contribution in [0.4, 0.5) is 0 Å². The fraction of sp³-hybridized carbons (Fsp3) is 0.214. The number of rotatable bonds is 4. The molecule has 17 heavy (non-hydrogen) atoms. The first-order valence-electron chi connectivity index (χ1n) is 5.58. The number of aryl methyl sites for hydroxylation is 1. The summed E-state index contributed by atoms with van der Waals surface area (Å²) in [6.07, 6.45) is 2.08. The molecule has 0 amide bonds. The molecule has 0 unspecified atom stereocenters. The Morgan fingerprint density at radius 1 is 1.24 bits per heavy atom. The molecule has 3 nitrogen and oxygen atoms in total. The van der Waals surface area contributed by atoms with Crippen molar-refractivity contribution in [3.8, 4) is 5.75 Å². The van der Waals surface area contributed by atoms with E-state index in [9.17, 15) is 4.79 Å². The van der Waals surface area contributed by atoms with E-state index in [4.69, 9.17) is 9.15 Å². The highest BCUT2D eigenvalue weighted by atomic mass is 16.5. The minimum atomic E-state index is -0.135. The van der Waals surface area contributed by atoms with Gasteiger partial charge in [0.1, 0.15) is 18.6 Å². The third-order valence-electron chi connectivity index (χ3n) is 2.44. The van der Waals surface area contributed by atoms with E-state index in [2.05, 4.69) is 0 Å². The molecular formula is C14H14O3. The predicted octanol–water partition coefficient (Wildman–Crippen LogP) is 2.78.